The van der Waals surface area contributed by atoms with E-state index in [4.69, 9.17) is 4.74 Å². The van der Waals surface area contributed by atoms with E-state index in [2.05, 4.69) is 16.9 Å². The molecule has 0 aliphatic carbocycles. The summed E-state index contributed by atoms with van der Waals surface area (Å²) >= 11 is 0. The summed E-state index contributed by atoms with van der Waals surface area (Å²) < 4.78 is 5.09. The molecule has 1 aromatic heterocycles. The molecule has 1 aliphatic heterocycles. The third-order valence-electron chi connectivity index (χ3n) is 3.34. The lowest BCUT2D eigenvalue weighted by atomic mass is 10.0. The lowest BCUT2D eigenvalue weighted by Crippen LogP contribution is -2.36. The Morgan fingerprint density at radius 2 is 2.47 bits per heavy atom. The fraction of sp³-hybridized carbons (Fsp3) is 0.636. The Morgan fingerprint density at radius 1 is 1.71 bits per heavy atom. The monoisotopic (exact) mass is 239 g/mol. The molecular weight excluding hydrogens is 222 g/mol. The largest absolute Gasteiger partial charge is 0.489 e. The number of aliphatic hydroxyl groups is 1. The van der Waals surface area contributed by atoms with Crippen LogP contribution in [0.1, 0.15) is 13.3 Å². The molecular formula is C11H17N3O3. The first-order valence-corrected chi connectivity index (χ1v) is 5.68. The number of anilines is 1. The molecule has 0 aromatic carbocycles. The first kappa shape index (κ1) is 11.9. The molecule has 1 aromatic rings. The molecule has 0 bridgehead atoms. The topological polar surface area (TPSA) is 78.5 Å². The Hall–Kier alpha value is -1.56. The van der Waals surface area contributed by atoms with E-state index in [1.54, 1.807) is 0 Å². The van der Waals surface area contributed by atoms with E-state index in [0.29, 0.717) is 11.7 Å². The van der Waals surface area contributed by atoms with Gasteiger partial charge < -0.3 is 19.7 Å². The Morgan fingerprint density at radius 3 is 3.12 bits per heavy atom. The maximum Gasteiger partial charge on any atom is 0.295 e. The molecule has 2 rings (SSSR count). The van der Waals surface area contributed by atoms with Crippen LogP contribution in [-0.4, -0.2) is 41.4 Å². The number of aliphatic hydroxyl groups excluding tert-OH is 1. The zero-order chi connectivity index (χ0) is 12.4. The summed E-state index contributed by atoms with van der Waals surface area (Å²) in [6.45, 7) is 2.92. The first-order chi connectivity index (χ1) is 8.19. The number of hydrogen-bond acceptors (Lipinski definition) is 5. The van der Waals surface area contributed by atoms with Gasteiger partial charge in [0, 0.05) is 6.54 Å². The molecule has 1 saturated heterocycles. The lowest BCUT2D eigenvalue weighted by Gasteiger charge is -2.26. The minimum Gasteiger partial charge on any atom is -0.489 e. The second-order valence-electron chi connectivity index (χ2n) is 4.30. The van der Waals surface area contributed by atoms with Gasteiger partial charge in [-0.3, -0.25) is 4.79 Å². The normalized spacial score (nSPS) is 24.1. The molecule has 2 unspecified atom stereocenters. The van der Waals surface area contributed by atoms with Crippen LogP contribution >= 0.6 is 0 Å². The lowest BCUT2D eigenvalue weighted by molar-refractivity contribution is 0.243. The third-order valence-corrected chi connectivity index (χ3v) is 3.34. The van der Waals surface area contributed by atoms with Crippen molar-refractivity contribution in [2.75, 3.05) is 25.2 Å². The number of methoxy groups -OCH3 is 1. The highest BCUT2D eigenvalue weighted by molar-refractivity contribution is 5.52. The third kappa shape index (κ3) is 2.00. The van der Waals surface area contributed by atoms with Crippen molar-refractivity contribution in [1.82, 2.24) is 9.97 Å². The van der Waals surface area contributed by atoms with Crippen molar-refractivity contribution in [1.29, 1.82) is 0 Å². The number of aromatic nitrogens is 2. The first-order valence-electron chi connectivity index (χ1n) is 5.68. The van der Waals surface area contributed by atoms with Crippen molar-refractivity contribution in [3.05, 3.63) is 16.7 Å². The van der Waals surface area contributed by atoms with Crippen LogP contribution in [0.5, 0.6) is 5.75 Å². The molecule has 1 aliphatic rings. The van der Waals surface area contributed by atoms with Crippen molar-refractivity contribution < 1.29 is 9.84 Å². The average Bonchev–Trinajstić information content (AvgIpc) is 2.69. The van der Waals surface area contributed by atoms with Crippen molar-refractivity contribution in [3.8, 4) is 5.75 Å². The van der Waals surface area contributed by atoms with Gasteiger partial charge in [-0.15, -0.1) is 0 Å². The van der Waals surface area contributed by atoms with Gasteiger partial charge in [0.05, 0.1) is 26.1 Å². The summed E-state index contributed by atoms with van der Waals surface area (Å²) in [5.74, 6) is 1.10. The molecule has 94 valence electrons. The van der Waals surface area contributed by atoms with Crippen LogP contribution in [0, 0.1) is 5.92 Å². The Kier molecular flexibility index (Phi) is 3.33. The Labute approximate surface area is 99.2 Å². The summed E-state index contributed by atoms with van der Waals surface area (Å²) in [6, 6.07) is -0.00167. The second-order valence-corrected chi connectivity index (χ2v) is 4.30. The van der Waals surface area contributed by atoms with Gasteiger partial charge in [0.25, 0.3) is 5.56 Å². The predicted molar refractivity (Wildman–Crippen MR) is 63.4 cm³/mol. The number of nitrogens with zero attached hydrogens (tertiary/aromatic N) is 2. The Balaban J connectivity index is 2.40. The number of hydrogen-bond donors (Lipinski definition) is 2. The average molecular weight is 239 g/mol. The quantitative estimate of drug-likeness (QED) is 0.775. The Bertz CT molecular complexity index is 446. The van der Waals surface area contributed by atoms with Gasteiger partial charge in [0.1, 0.15) is 0 Å². The zero-order valence-electron chi connectivity index (χ0n) is 10.0. The number of rotatable bonds is 3. The summed E-state index contributed by atoms with van der Waals surface area (Å²) in [4.78, 5) is 20.2. The van der Waals surface area contributed by atoms with Crippen molar-refractivity contribution in [2.45, 2.75) is 19.4 Å². The maximum atomic E-state index is 11.6. The van der Waals surface area contributed by atoms with Crippen LogP contribution in [0.15, 0.2) is 11.1 Å². The molecule has 1 fully saturated rings. The molecule has 6 heteroatoms. The van der Waals surface area contributed by atoms with Crippen LogP contribution in [0.25, 0.3) is 0 Å². The second kappa shape index (κ2) is 4.75. The molecule has 0 saturated carbocycles. The van der Waals surface area contributed by atoms with Crippen LogP contribution in [-0.2, 0) is 0 Å². The van der Waals surface area contributed by atoms with Crippen molar-refractivity contribution >= 4 is 5.82 Å². The molecule has 17 heavy (non-hydrogen) atoms. The highest BCUT2D eigenvalue weighted by atomic mass is 16.5. The van der Waals surface area contributed by atoms with Gasteiger partial charge in [-0.05, 0) is 12.3 Å². The molecule has 6 nitrogen and oxygen atoms in total. The number of H-pyrrole nitrogens is 1. The van der Waals surface area contributed by atoms with Crippen LogP contribution in [0.3, 0.4) is 0 Å². The van der Waals surface area contributed by atoms with Crippen LogP contribution < -0.4 is 15.2 Å². The predicted octanol–water partition coefficient (Wildman–Crippen LogP) is -0.0144. The van der Waals surface area contributed by atoms with Crippen LogP contribution in [0.2, 0.25) is 0 Å². The number of nitrogens with one attached hydrogen (secondary N) is 1. The van der Waals surface area contributed by atoms with Gasteiger partial charge in [0.15, 0.2) is 5.82 Å². The minimum absolute atomic E-state index is 0.00167. The highest BCUT2D eigenvalue weighted by Gasteiger charge is 2.33. The van der Waals surface area contributed by atoms with Gasteiger partial charge in [0.2, 0.25) is 5.75 Å². The molecule has 0 spiro atoms. The van der Waals surface area contributed by atoms with E-state index in [9.17, 15) is 9.90 Å². The minimum atomic E-state index is -0.297. The summed E-state index contributed by atoms with van der Waals surface area (Å²) in [6.07, 6.45) is 2.33. The van der Waals surface area contributed by atoms with E-state index < -0.39 is 0 Å². The molecule has 0 radical (unpaired) electrons. The van der Waals surface area contributed by atoms with Gasteiger partial charge in [-0.25, -0.2) is 4.98 Å². The highest BCUT2D eigenvalue weighted by Crippen LogP contribution is 2.31. The van der Waals surface area contributed by atoms with Gasteiger partial charge in [-0.1, -0.05) is 6.92 Å². The van der Waals surface area contributed by atoms with Crippen molar-refractivity contribution in [2.24, 2.45) is 5.92 Å². The van der Waals surface area contributed by atoms with Crippen molar-refractivity contribution in [3.63, 3.8) is 0 Å². The molecule has 2 N–H and O–H groups in total. The van der Waals surface area contributed by atoms with Gasteiger partial charge in [-0.2, -0.15) is 0 Å². The van der Waals surface area contributed by atoms with E-state index in [1.807, 2.05) is 4.90 Å². The summed E-state index contributed by atoms with van der Waals surface area (Å²) in [5, 5.41) is 9.40. The standard InChI is InChI=1S/C11H17N3O3/c1-7-3-4-14(8(7)5-15)10-9(17-2)11(16)13-6-12-10/h6-8,15H,3-5H2,1-2H3,(H,12,13,16). The smallest absolute Gasteiger partial charge is 0.295 e. The number of ether oxygens (including phenoxy) is 1. The van der Waals surface area contributed by atoms with Gasteiger partial charge >= 0.3 is 0 Å². The number of aromatic amines is 1. The molecule has 2 atom stereocenters. The van der Waals surface area contributed by atoms with E-state index in [1.165, 1.54) is 13.4 Å². The fourth-order valence-electron chi connectivity index (χ4n) is 2.32. The van der Waals surface area contributed by atoms with Crippen LogP contribution in [0.4, 0.5) is 5.82 Å². The zero-order valence-corrected chi connectivity index (χ0v) is 10.0. The summed E-state index contributed by atoms with van der Waals surface area (Å²) in [7, 11) is 1.45. The molecule has 2 heterocycles. The molecule has 0 amide bonds. The fourth-order valence-corrected chi connectivity index (χ4v) is 2.32. The SMILES string of the molecule is COc1c(N2CCC(C)C2CO)nc[nH]c1=O. The van der Waals surface area contributed by atoms with E-state index >= 15 is 0 Å². The maximum absolute atomic E-state index is 11.6. The van der Waals surface area contributed by atoms with E-state index in [0.717, 1.165) is 13.0 Å². The van der Waals surface area contributed by atoms with E-state index in [-0.39, 0.29) is 24.0 Å². The summed E-state index contributed by atoms with van der Waals surface area (Å²) in [5.41, 5.74) is -0.297.